The summed E-state index contributed by atoms with van der Waals surface area (Å²) >= 11 is 0. The number of allylic oxidation sites excluding steroid dienone is 3. The molecule has 1 aliphatic carbocycles. The lowest BCUT2D eigenvalue weighted by atomic mass is 9.85. The molecular weight excluding hydrogens is 603 g/mol. The fourth-order valence-electron chi connectivity index (χ4n) is 7.28. The summed E-state index contributed by atoms with van der Waals surface area (Å²) in [7, 11) is 0. The average Bonchev–Trinajstić information content (AvgIpc) is 3.50. The van der Waals surface area contributed by atoms with Gasteiger partial charge in [0.1, 0.15) is 0 Å². The zero-order valence-electron chi connectivity index (χ0n) is 31.1. The molecule has 0 atom stereocenters. The predicted molar refractivity (Wildman–Crippen MR) is 222 cm³/mol. The zero-order chi connectivity index (χ0) is 35.4. The molecule has 0 saturated heterocycles. The number of aryl methyl sites for hydroxylation is 1. The van der Waals surface area contributed by atoms with Crippen LogP contribution in [0.25, 0.3) is 67.0 Å². The van der Waals surface area contributed by atoms with E-state index in [0.717, 1.165) is 12.8 Å². The van der Waals surface area contributed by atoms with Crippen molar-refractivity contribution >= 4 is 50.2 Å². The van der Waals surface area contributed by atoms with Crippen LogP contribution >= 0.6 is 0 Å². The second-order valence-corrected chi connectivity index (χ2v) is 13.8. The molecule has 7 aromatic rings. The molecule has 6 aromatic carbocycles. The lowest BCUT2D eigenvalue weighted by Crippen LogP contribution is -2.10. The molecule has 0 aliphatic heterocycles. The van der Waals surface area contributed by atoms with Crippen LogP contribution in [0.4, 0.5) is 0 Å². The van der Waals surface area contributed by atoms with Crippen LogP contribution in [0.3, 0.4) is 0 Å². The molecule has 0 bridgehead atoms. The van der Waals surface area contributed by atoms with Gasteiger partial charge in [-0.2, -0.15) is 0 Å². The standard InChI is InChI=1S/C45H39N.2C2H6/c1-30(31-22-27-36(28-23-31)46-42-14-7-5-10-39(42)40-11-6-8-15-43(40)46)16-17-33-18-19-34-24-29-37(41-13-9-12-38(33)44(34)41)32-20-25-35(26-21-32)45(2,3)4;2*1-2/h5,7-10,12-29H,6,11H2,1-4H3;2*1-2H3/b30-16+,33-17-;;. The minimum absolute atomic E-state index is 0.144. The van der Waals surface area contributed by atoms with Crippen molar-refractivity contribution in [1.82, 2.24) is 4.57 Å². The zero-order valence-corrected chi connectivity index (χ0v) is 31.1. The molecule has 1 aliphatic rings. The van der Waals surface area contributed by atoms with Gasteiger partial charge >= 0.3 is 0 Å². The molecule has 50 heavy (non-hydrogen) atoms. The molecule has 252 valence electrons. The van der Waals surface area contributed by atoms with E-state index in [1.165, 1.54) is 82.4 Å². The molecule has 0 unspecified atom stereocenters. The van der Waals surface area contributed by atoms with Crippen LogP contribution in [-0.2, 0) is 11.8 Å². The molecule has 0 spiro atoms. The second kappa shape index (κ2) is 14.8. The molecule has 1 heterocycles. The Hall–Kier alpha value is -5.14. The third kappa shape index (κ3) is 6.46. The lowest BCUT2D eigenvalue weighted by molar-refractivity contribution is 0.590. The van der Waals surface area contributed by atoms with Gasteiger partial charge in [0.15, 0.2) is 0 Å². The number of rotatable bonds is 4. The minimum Gasteiger partial charge on any atom is -0.310 e. The van der Waals surface area contributed by atoms with E-state index in [0.29, 0.717) is 0 Å². The normalized spacial score (nSPS) is 13.2. The van der Waals surface area contributed by atoms with Gasteiger partial charge in [-0.05, 0) is 110 Å². The van der Waals surface area contributed by atoms with Gasteiger partial charge < -0.3 is 4.57 Å². The summed E-state index contributed by atoms with van der Waals surface area (Å²) < 4.78 is 2.42. The third-order valence-corrected chi connectivity index (χ3v) is 9.84. The van der Waals surface area contributed by atoms with E-state index >= 15 is 0 Å². The van der Waals surface area contributed by atoms with Crippen molar-refractivity contribution < 1.29 is 0 Å². The number of benzene rings is 6. The van der Waals surface area contributed by atoms with Gasteiger partial charge in [-0.3, -0.25) is 0 Å². The van der Waals surface area contributed by atoms with E-state index in [1.807, 2.05) is 27.7 Å². The van der Waals surface area contributed by atoms with E-state index in [9.17, 15) is 0 Å². The largest absolute Gasteiger partial charge is 0.310 e. The molecule has 1 nitrogen and oxygen atoms in total. The Bertz CT molecular complexity index is 2370. The lowest BCUT2D eigenvalue weighted by Gasteiger charge is -2.19. The predicted octanol–water partition coefficient (Wildman–Crippen LogP) is 13.5. The van der Waals surface area contributed by atoms with Crippen LogP contribution < -0.4 is 5.22 Å². The van der Waals surface area contributed by atoms with Crippen molar-refractivity contribution in [2.45, 2.75) is 73.6 Å². The molecule has 1 heteroatoms. The summed E-state index contributed by atoms with van der Waals surface area (Å²) in [6.07, 6.45) is 11.4. The maximum Gasteiger partial charge on any atom is 0.0537 e. The van der Waals surface area contributed by atoms with E-state index in [-0.39, 0.29) is 5.41 Å². The van der Waals surface area contributed by atoms with Gasteiger partial charge in [0, 0.05) is 16.8 Å². The first kappa shape index (κ1) is 34.7. The second-order valence-electron chi connectivity index (χ2n) is 13.8. The first-order valence-corrected chi connectivity index (χ1v) is 18.5. The van der Waals surface area contributed by atoms with Crippen molar-refractivity contribution in [1.29, 1.82) is 0 Å². The number of hydrogen-bond acceptors (Lipinski definition) is 0. The molecule has 8 rings (SSSR count). The van der Waals surface area contributed by atoms with Crippen molar-refractivity contribution in [2.75, 3.05) is 0 Å². The number of para-hydroxylation sites is 1. The highest BCUT2D eigenvalue weighted by molar-refractivity contribution is 6.15. The molecule has 0 fully saturated rings. The molecule has 0 amide bonds. The quantitative estimate of drug-likeness (QED) is 0.178. The molecule has 0 saturated carbocycles. The maximum atomic E-state index is 2.42. The summed E-state index contributed by atoms with van der Waals surface area (Å²) in [5.41, 5.74) is 11.8. The van der Waals surface area contributed by atoms with E-state index in [4.69, 9.17) is 0 Å². The van der Waals surface area contributed by atoms with Gasteiger partial charge in [0.2, 0.25) is 0 Å². The number of aromatic nitrogens is 1. The van der Waals surface area contributed by atoms with Crippen LogP contribution in [-0.4, -0.2) is 4.57 Å². The summed E-state index contributed by atoms with van der Waals surface area (Å²) in [6, 6.07) is 42.8. The van der Waals surface area contributed by atoms with Gasteiger partial charge in [0.25, 0.3) is 0 Å². The van der Waals surface area contributed by atoms with E-state index in [2.05, 4.69) is 172 Å². The minimum atomic E-state index is 0.144. The summed E-state index contributed by atoms with van der Waals surface area (Å²) in [5.74, 6) is 0. The highest BCUT2D eigenvalue weighted by Crippen LogP contribution is 2.36. The third-order valence-electron chi connectivity index (χ3n) is 9.84. The van der Waals surface area contributed by atoms with Crippen LogP contribution in [0.1, 0.15) is 84.2 Å². The van der Waals surface area contributed by atoms with Crippen molar-refractivity contribution in [2.24, 2.45) is 0 Å². The van der Waals surface area contributed by atoms with Gasteiger partial charge in [-0.1, -0.05) is 164 Å². The van der Waals surface area contributed by atoms with E-state index < -0.39 is 0 Å². The Balaban J connectivity index is 0.00000104. The Morgan fingerprint density at radius 2 is 1.36 bits per heavy atom. The Kier molecular flexibility index (Phi) is 10.3. The molecular formula is C49H51N. The Morgan fingerprint density at radius 3 is 2.10 bits per heavy atom. The highest BCUT2D eigenvalue weighted by Gasteiger charge is 2.18. The van der Waals surface area contributed by atoms with E-state index in [1.54, 1.807) is 0 Å². The first-order valence-electron chi connectivity index (χ1n) is 18.5. The fraction of sp³-hybridized carbons (Fsp3) is 0.224. The van der Waals surface area contributed by atoms with Crippen LogP contribution in [0.2, 0.25) is 0 Å². The summed E-state index contributed by atoms with van der Waals surface area (Å²) in [4.78, 5) is 0. The van der Waals surface area contributed by atoms with Gasteiger partial charge in [0.05, 0.1) is 5.52 Å². The summed E-state index contributed by atoms with van der Waals surface area (Å²) in [6.45, 7) is 17.0. The van der Waals surface area contributed by atoms with Gasteiger partial charge in [-0.15, -0.1) is 0 Å². The number of hydrogen-bond donors (Lipinski definition) is 0. The fourth-order valence-corrected chi connectivity index (χ4v) is 7.28. The first-order chi connectivity index (χ1) is 24.4. The van der Waals surface area contributed by atoms with Crippen molar-refractivity contribution in [3.8, 4) is 16.8 Å². The molecule has 0 radical (unpaired) electrons. The monoisotopic (exact) mass is 653 g/mol. The van der Waals surface area contributed by atoms with Crippen LogP contribution in [0, 0.1) is 0 Å². The Labute approximate surface area is 299 Å². The van der Waals surface area contributed by atoms with Gasteiger partial charge in [-0.25, -0.2) is 0 Å². The highest BCUT2D eigenvalue weighted by atomic mass is 15.0. The van der Waals surface area contributed by atoms with Crippen molar-refractivity contribution in [3.63, 3.8) is 0 Å². The van der Waals surface area contributed by atoms with Crippen LogP contribution in [0.15, 0.2) is 127 Å². The average molecular weight is 654 g/mol. The Morgan fingerprint density at radius 1 is 0.680 bits per heavy atom. The van der Waals surface area contributed by atoms with Crippen molar-refractivity contribution in [3.05, 3.63) is 155 Å². The molecule has 1 aromatic heterocycles. The van der Waals surface area contributed by atoms with Crippen LogP contribution in [0.5, 0.6) is 0 Å². The topological polar surface area (TPSA) is 4.93 Å². The SMILES string of the molecule is C/C(=C\C=c1\ccc2ccc(-c3ccc(C(C)(C)C)cc3)c3cccc1c23)c1ccc(-n2c3c(c4ccccc42)CCC=C3)cc1.CC.CC. The maximum absolute atomic E-state index is 2.42. The molecule has 0 N–H and O–H groups in total. The number of fused-ring (bicyclic) bond motifs is 3. The number of nitrogens with zero attached hydrogens (tertiary/aromatic N) is 1. The smallest absolute Gasteiger partial charge is 0.0537 e. The summed E-state index contributed by atoms with van der Waals surface area (Å²) in [5, 5.41) is 7.83.